The van der Waals surface area contributed by atoms with Crippen molar-refractivity contribution in [3.8, 4) is 0 Å². The van der Waals surface area contributed by atoms with Crippen LogP contribution in [0.5, 0.6) is 0 Å². The van der Waals surface area contributed by atoms with Crippen molar-refractivity contribution in [2.75, 3.05) is 26.8 Å². The lowest BCUT2D eigenvalue weighted by Gasteiger charge is -2.01. The molecule has 0 saturated heterocycles. The number of methoxy groups -OCH3 is 1. The standard InChI is InChI=1S/C6H15N.C5H10O/c1-4-7-5-6(2)3;1-3-4-5-6-2/h6-7H,4-5H2,1-3H3;3H,1,4-5H2,2H3. The second-order valence-corrected chi connectivity index (χ2v) is 3.27. The van der Waals surface area contributed by atoms with E-state index in [9.17, 15) is 0 Å². The van der Waals surface area contributed by atoms with E-state index in [2.05, 4.69) is 32.7 Å². The van der Waals surface area contributed by atoms with Gasteiger partial charge in [0.15, 0.2) is 0 Å². The van der Waals surface area contributed by atoms with Crippen molar-refractivity contribution in [2.45, 2.75) is 27.2 Å². The van der Waals surface area contributed by atoms with Gasteiger partial charge in [0.1, 0.15) is 0 Å². The smallest absolute Gasteiger partial charge is 0.0496 e. The Labute approximate surface area is 83.4 Å². The van der Waals surface area contributed by atoms with Gasteiger partial charge >= 0.3 is 0 Å². The Morgan fingerprint density at radius 1 is 1.46 bits per heavy atom. The fourth-order valence-electron chi connectivity index (χ4n) is 0.634. The normalized spacial score (nSPS) is 9.31. The molecule has 0 aliphatic carbocycles. The summed E-state index contributed by atoms with van der Waals surface area (Å²) in [7, 11) is 1.68. The summed E-state index contributed by atoms with van der Waals surface area (Å²) in [6.07, 6.45) is 2.79. The van der Waals surface area contributed by atoms with E-state index < -0.39 is 0 Å². The quantitative estimate of drug-likeness (QED) is 0.509. The van der Waals surface area contributed by atoms with E-state index >= 15 is 0 Å². The summed E-state index contributed by atoms with van der Waals surface area (Å²) in [4.78, 5) is 0. The molecule has 0 unspecified atom stereocenters. The summed E-state index contributed by atoms with van der Waals surface area (Å²) >= 11 is 0. The zero-order valence-corrected chi connectivity index (χ0v) is 9.60. The van der Waals surface area contributed by atoms with Crippen molar-refractivity contribution in [1.29, 1.82) is 0 Å². The lowest BCUT2D eigenvalue weighted by molar-refractivity contribution is 0.204. The summed E-state index contributed by atoms with van der Waals surface area (Å²) in [6, 6.07) is 0. The molecule has 0 aliphatic heterocycles. The summed E-state index contributed by atoms with van der Waals surface area (Å²) < 4.78 is 4.71. The van der Waals surface area contributed by atoms with Crippen LogP contribution in [0.2, 0.25) is 0 Å². The number of rotatable bonds is 6. The molecule has 0 rings (SSSR count). The van der Waals surface area contributed by atoms with Gasteiger partial charge < -0.3 is 10.1 Å². The highest BCUT2D eigenvalue weighted by atomic mass is 16.5. The zero-order valence-electron chi connectivity index (χ0n) is 9.60. The van der Waals surface area contributed by atoms with Crippen LogP contribution in [0.1, 0.15) is 27.2 Å². The van der Waals surface area contributed by atoms with E-state index in [0.29, 0.717) is 0 Å². The molecule has 0 heterocycles. The van der Waals surface area contributed by atoms with E-state index in [4.69, 9.17) is 4.74 Å². The number of nitrogens with one attached hydrogen (secondary N) is 1. The molecule has 1 N–H and O–H groups in total. The zero-order chi connectivity index (χ0) is 10.5. The summed E-state index contributed by atoms with van der Waals surface area (Å²) in [6.45, 7) is 13.1. The predicted octanol–water partition coefficient (Wildman–Crippen LogP) is 2.46. The first-order valence-electron chi connectivity index (χ1n) is 4.99. The predicted molar refractivity (Wildman–Crippen MR) is 60.1 cm³/mol. The van der Waals surface area contributed by atoms with Crippen molar-refractivity contribution >= 4 is 0 Å². The van der Waals surface area contributed by atoms with Crippen molar-refractivity contribution in [3.05, 3.63) is 12.7 Å². The second kappa shape index (κ2) is 14.2. The molecule has 13 heavy (non-hydrogen) atoms. The maximum Gasteiger partial charge on any atom is 0.0496 e. The fourth-order valence-corrected chi connectivity index (χ4v) is 0.634. The van der Waals surface area contributed by atoms with Gasteiger partial charge in [-0.05, 0) is 25.4 Å². The van der Waals surface area contributed by atoms with Gasteiger partial charge in [-0.1, -0.05) is 26.8 Å². The first-order chi connectivity index (χ1) is 6.18. The number of hydrogen-bond acceptors (Lipinski definition) is 2. The molecule has 0 amide bonds. The van der Waals surface area contributed by atoms with Gasteiger partial charge in [0.2, 0.25) is 0 Å². The van der Waals surface area contributed by atoms with Gasteiger partial charge in [0.25, 0.3) is 0 Å². The Kier molecular flexibility index (Phi) is 16.5. The molecule has 0 aliphatic rings. The number of hydrogen-bond donors (Lipinski definition) is 1. The van der Waals surface area contributed by atoms with Gasteiger partial charge in [-0.2, -0.15) is 0 Å². The van der Waals surface area contributed by atoms with Gasteiger partial charge in [0, 0.05) is 13.7 Å². The van der Waals surface area contributed by atoms with E-state index in [1.807, 2.05) is 6.08 Å². The highest BCUT2D eigenvalue weighted by molar-refractivity contribution is 4.63. The monoisotopic (exact) mass is 187 g/mol. The lowest BCUT2D eigenvalue weighted by Crippen LogP contribution is -2.18. The van der Waals surface area contributed by atoms with Crippen LogP contribution in [-0.2, 0) is 4.74 Å². The average molecular weight is 187 g/mol. The third-order valence-electron chi connectivity index (χ3n) is 1.33. The molecule has 0 aromatic heterocycles. The summed E-state index contributed by atoms with van der Waals surface area (Å²) in [5.74, 6) is 0.792. The van der Waals surface area contributed by atoms with Crippen LogP contribution in [-0.4, -0.2) is 26.8 Å². The van der Waals surface area contributed by atoms with Gasteiger partial charge in [-0.15, -0.1) is 6.58 Å². The van der Waals surface area contributed by atoms with Crippen molar-refractivity contribution in [1.82, 2.24) is 5.32 Å². The van der Waals surface area contributed by atoms with E-state index in [1.54, 1.807) is 7.11 Å². The molecule has 2 heteroatoms. The Hall–Kier alpha value is -0.340. The Morgan fingerprint density at radius 2 is 2.08 bits per heavy atom. The molecule has 0 saturated carbocycles. The Bertz CT molecular complexity index is 92.1. The molecule has 0 aromatic carbocycles. The number of ether oxygens (including phenoxy) is 1. The largest absolute Gasteiger partial charge is 0.384 e. The van der Waals surface area contributed by atoms with Crippen LogP contribution in [0, 0.1) is 5.92 Å². The van der Waals surface area contributed by atoms with Crippen LogP contribution in [0.4, 0.5) is 0 Å². The maximum absolute atomic E-state index is 4.71. The highest BCUT2D eigenvalue weighted by Gasteiger charge is 1.86. The molecule has 0 aromatic rings. The molecular weight excluding hydrogens is 162 g/mol. The van der Waals surface area contributed by atoms with Gasteiger partial charge in [-0.25, -0.2) is 0 Å². The molecule has 0 fully saturated rings. The van der Waals surface area contributed by atoms with E-state index in [0.717, 1.165) is 32.0 Å². The maximum atomic E-state index is 4.71. The van der Waals surface area contributed by atoms with Crippen LogP contribution in [0.3, 0.4) is 0 Å². The van der Waals surface area contributed by atoms with E-state index in [1.165, 1.54) is 0 Å². The minimum atomic E-state index is 0.792. The van der Waals surface area contributed by atoms with Gasteiger partial charge in [-0.3, -0.25) is 0 Å². The topological polar surface area (TPSA) is 21.3 Å². The minimum Gasteiger partial charge on any atom is -0.384 e. The fraction of sp³-hybridized carbons (Fsp3) is 0.818. The Morgan fingerprint density at radius 3 is 2.23 bits per heavy atom. The minimum absolute atomic E-state index is 0.792. The van der Waals surface area contributed by atoms with Crippen LogP contribution in [0.15, 0.2) is 12.7 Å². The van der Waals surface area contributed by atoms with Crippen LogP contribution < -0.4 is 5.32 Å². The second-order valence-electron chi connectivity index (χ2n) is 3.27. The Balaban J connectivity index is 0. The van der Waals surface area contributed by atoms with Crippen LogP contribution >= 0.6 is 0 Å². The van der Waals surface area contributed by atoms with Crippen LogP contribution in [0.25, 0.3) is 0 Å². The molecular formula is C11H25NO. The first kappa shape index (κ1) is 15.1. The lowest BCUT2D eigenvalue weighted by atomic mass is 10.2. The molecule has 0 bridgehead atoms. The summed E-state index contributed by atoms with van der Waals surface area (Å²) in [5.41, 5.74) is 0. The third kappa shape index (κ3) is 24.5. The third-order valence-corrected chi connectivity index (χ3v) is 1.33. The SMILES string of the molecule is C=CCCOC.CCNCC(C)C. The van der Waals surface area contributed by atoms with Gasteiger partial charge in [0.05, 0.1) is 0 Å². The average Bonchev–Trinajstić information content (AvgIpc) is 2.12. The first-order valence-corrected chi connectivity index (χ1v) is 4.99. The summed E-state index contributed by atoms with van der Waals surface area (Å²) in [5, 5.41) is 3.25. The molecule has 80 valence electrons. The van der Waals surface area contributed by atoms with Crippen molar-refractivity contribution in [2.24, 2.45) is 5.92 Å². The molecule has 2 nitrogen and oxygen atoms in total. The van der Waals surface area contributed by atoms with E-state index in [-0.39, 0.29) is 0 Å². The molecule has 0 atom stereocenters. The molecule has 0 spiro atoms. The van der Waals surface area contributed by atoms with Crippen molar-refractivity contribution in [3.63, 3.8) is 0 Å². The van der Waals surface area contributed by atoms with Crippen molar-refractivity contribution < 1.29 is 4.74 Å². The highest BCUT2D eigenvalue weighted by Crippen LogP contribution is 1.84. The molecule has 0 radical (unpaired) electrons.